The van der Waals surface area contributed by atoms with Gasteiger partial charge in [0, 0.05) is 54.8 Å². The van der Waals surface area contributed by atoms with Crippen LogP contribution in [0.2, 0.25) is 0 Å². The molecule has 1 spiro atoms. The number of carbonyl (C=O) groups excluding carboxylic acids is 1. The zero-order valence-corrected chi connectivity index (χ0v) is 22.1. The molecule has 0 unspecified atom stereocenters. The molecule has 0 aliphatic carbocycles. The van der Waals surface area contributed by atoms with Crippen LogP contribution >= 0.6 is 0 Å². The zero-order valence-electron chi connectivity index (χ0n) is 22.1. The van der Waals surface area contributed by atoms with E-state index in [1.807, 2.05) is 44.1 Å². The molecule has 2 aliphatic rings. The Balaban J connectivity index is 1.19. The summed E-state index contributed by atoms with van der Waals surface area (Å²) in [7, 11) is 1.45. The van der Waals surface area contributed by atoms with Crippen molar-refractivity contribution in [3.8, 4) is 16.9 Å². The number of piperidine rings is 1. The third-order valence-corrected chi connectivity index (χ3v) is 7.54. The highest BCUT2D eigenvalue weighted by atomic mass is 19.1. The van der Waals surface area contributed by atoms with Crippen molar-refractivity contribution >= 4 is 28.3 Å². The Kier molecular flexibility index (Phi) is 5.66. The summed E-state index contributed by atoms with van der Waals surface area (Å²) in [5, 5.41) is 5.35. The SMILES string of the molecule is COc1cc2c(-c3cnn4cc(N5CCC6(CC5)CN(C(=O)OC(C)(C)C)C6)cnc34)ccnc2cc1F. The fourth-order valence-corrected chi connectivity index (χ4v) is 5.53. The maximum absolute atomic E-state index is 14.2. The number of hydrogen-bond donors (Lipinski definition) is 0. The lowest BCUT2D eigenvalue weighted by Gasteiger charge is -2.53. The third kappa shape index (κ3) is 4.27. The van der Waals surface area contributed by atoms with Gasteiger partial charge in [-0.3, -0.25) is 4.98 Å². The third-order valence-electron chi connectivity index (χ3n) is 7.54. The van der Waals surface area contributed by atoms with Crippen molar-refractivity contribution < 1.29 is 18.7 Å². The van der Waals surface area contributed by atoms with E-state index in [1.165, 1.54) is 13.2 Å². The molecular formula is C28H31FN6O3. The second kappa shape index (κ2) is 8.82. The Morgan fingerprint density at radius 3 is 2.55 bits per heavy atom. The fraction of sp³-hybridized carbons (Fsp3) is 0.429. The van der Waals surface area contributed by atoms with E-state index < -0.39 is 11.4 Å². The lowest BCUT2D eigenvalue weighted by molar-refractivity contribution is -0.0434. The largest absolute Gasteiger partial charge is 0.494 e. The Morgan fingerprint density at radius 2 is 1.84 bits per heavy atom. The van der Waals surface area contributed by atoms with Gasteiger partial charge in [-0.05, 0) is 51.3 Å². The Hall–Kier alpha value is -3.95. The number of benzene rings is 1. The maximum Gasteiger partial charge on any atom is 0.410 e. The maximum atomic E-state index is 14.2. The minimum atomic E-state index is -0.476. The molecule has 0 N–H and O–H groups in total. The molecular weight excluding hydrogens is 487 g/mol. The number of carbonyl (C=O) groups is 1. The number of likely N-dealkylation sites (tertiary alicyclic amines) is 1. The highest BCUT2D eigenvalue weighted by Crippen LogP contribution is 2.42. The lowest BCUT2D eigenvalue weighted by Crippen LogP contribution is -2.62. The number of amides is 1. The zero-order chi connectivity index (χ0) is 26.7. The average Bonchev–Trinajstić information content (AvgIpc) is 3.28. The minimum absolute atomic E-state index is 0.169. The molecule has 3 aromatic heterocycles. The molecule has 0 radical (unpaired) electrons. The highest BCUT2D eigenvalue weighted by molar-refractivity contribution is 5.98. The van der Waals surface area contributed by atoms with E-state index >= 15 is 0 Å². The smallest absolute Gasteiger partial charge is 0.410 e. The molecule has 2 aliphatic heterocycles. The van der Waals surface area contributed by atoms with E-state index in [0.717, 1.165) is 61.2 Å². The fourth-order valence-electron chi connectivity index (χ4n) is 5.53. The second-order valence-corrected chi connectivity index (χ2v) is 11.3. The number of rotatable bonds is 3. The van der Waals surface area contributed by atoms with Crippen molar-refractivity contribution in [3.63, 3.8) is 0 Å². The van der Waals surface area contributed by atoms with E-state index in [-0.39, 0.29) is 17.3 Å². The topological polar surface area (TPSA) is 85.1 Å². The molecule has 0 atom stereocenters. The van der Waals surface area contributed by atoms with Crippen LogP contribution in [-0.4, -0.2) is 69.5 Å². The van der Waals surface area contributed by atoms with Crippen molar-refractivity contribution in [2.24, 2.45) is 5.41 Å². The van der Waals surface area contributed by atoms with Gasteiger partial charge in [-0.2, -0.15) is 5.10 Å². The average molecular weight is 519 g/mol. The van der Waals surface area contributed by atoms with E-state index in [4.69, 9.17) is 14.5 Å². The monoisotopic (exact) mass is 518 g/mol. The van der Waals surface area contributed by atoms with Gasteiger partial charge >= 0.3 is 6.09 Å². The van der Waals surface area contributed by atoms with Crippen LogP contribution < -0.4 is 9.64 Å². The summed E-state index contributed by atoms with van der Waals surface area (Å²) in [6.07, 6.45) is 9.13. The lowest BCUT2D eigenvalue weighted by atomic mass is 9.72. The van der Waals surface area contributed by atoms with Crippen LogP contribution in [0.5, 0.6) is 5.75 Å². The molecule has 0 bridgehead atoms. The predicted octanol–water partition coefficient (Wildman–Crippen LogP) is 4.93. The van der Waals surface area contributed by atoms with Crippen molar-refractivity contribution in [2.75, 3.05) is 38.2 Å². The van der Waals surface area contributed by atoms with E-state index in [1.54, 1.807) is 23.0 Å². The summed E-state index contributed by atoms with van der Waals surface area (Å²) in [6.45, 7) is 8.97. The number of halogens is 1. The summed E-state index contributed by atoms with van der Waals surface area (Å²) >= 11 is 0. The van der Waals surface area contributed by atoms with Gasteiger partial charge in [0.1, 0.15) is 5.60 Å². The van der Waals surface area contributed by atoms with Crippen molar-refractivity contribution in [3.05, 3.63) is 48.8 Å². The molecule has 198 valence electrons. The predicted molar refractivity (Wildman–Crippen MR) is 142 cm³/mol. The Morgan fingerprint density at radius 1 is 1.08 bits per heavy atom. The van der Waals surface area contributed by atoms with Crippen LogP contribution in [-0.2, 0) is 4.74 Å². The standard InChI is InChI=1S/C28H31FN6O3/c1-27(2,3)38-26(36)34-16-28(17-34)6-9-33(10-7-28)18-13-31-25-21(14-32-35(25)15-18)19-5-8-30-23-12-22(29)24(37-4)11-20(19)23/h5,8,11-15H,6-7,9-10,16-17H2,1-4H3. The van der Waals surface area contributed by atoms with Crippen LogP contribution in [0.15, 0.2) is 43.0 Å². The van der Waals surface area contributed by atoms with Gasteiger partial charge < -0.3 is 19.3 Å². The molecule has 5 heterocycles. The summed E-state index contributed by atoms with van der Waals surface area (Å²) in [5.41, 5.74) is 3.66. The van der Waals surface area contributed by atoms with Crippen LogP contribution in [0.1, 0.15) is 33.6 Å². The van der Waals surface area contributed by atoms with Gasteiger partial charge in [0.25, 0.3) is 0 Å². The van der Waals surface area contributed by atoms with Gasteiger partial charge in [-0.15, -0.1) is 0 Å². The van der Waals surface area contributed by atoms with Crippen molar-refractivity contribution in [1.29, 1.82) is 0 Å². The molecule has 38 heavy (non-hydrogen) atoms. The van der Waals surface area contributed by atoms with Crippen LogP contribution in [0.4, 0.5) is 14.9 Å². The number of aromatic nitrogens is 4. The number of anilines is 1. The summed E-state index contributed by atoms with van der Waals surface area (Å²) < 4.78 is 26.7. The number of nitrogens with zero attached hydrogens (tertiary/aromatic N) is 6. The molecule has 9 nitrogen and oxygen atoms in total. The quantitative estimate of drug-likeness (QED) is 0.380. The summed E-state index contributed by atoms with van der Waals surface area (Å²) in [4.78, 5) is 25.6. The number of fused-ring (bicyclic) bond motifs is 2. The molecule has 2 saturated heterocycles. The van der Waals surface area contributed by atoms with Crippen LogP contribution in [0.3, 0.4) is 0 Å². The molecule has 2 fully saturated rings. The number of hydrogen-bond acceptors (Lipinski definition) is 7. The Bertz CT molecular complexity index is 1530. The van der Waals surface area contributed by atoms with Crippen LogP contribution in [0, 0.1) is 11.2 Å². The number of methoxy groups -OCH3 is 1. The van der Waals surface area contributed by atoms with Crippen LogP contribution in [0.25, 0.3) is 27.7 Å². The van der Waals surface area contributed by atoms with Gasteiger partial charge in [-0.25, -0.2) is 18.7 Å². The normalized spacial score (nSPS) is 17.2. The molecule has 10 heteroatoms. The van der Waals surface area contributed by atoms with Gasteiger partial charge in [-0.1, -0.05) is 0 Å². The first-order chi connectivity index (χ1) is 18.1. The van der Waals surface area contributed by atoms with E-state index in [0.29, 0.717) is 11.2 Å². The highest BCUT2D eigenvalue weighted by Gasteiger charge is 2.47. The van der Waals surface area contributed by atoms with E-state index in [9.17, 15) is 9.18 Å². The first-order valence-electron chi connectivity index (χ1n) is 12.8. The molecule has 0 saturated carbocycles. The minimum Gasteiger partial charge on any atom is -0.494 e. The molecule has 1 amide bonds. The summed E-state index contributed by atoms with van der Waals surface area (Å²) in [6, 6.07) is 4.93. The first kappa shape index (κ1) is 24.4. The molecule has 1 aromatic carbocycles. The number of ether oxygens (including phenoxy) is 2. The van der Waals surface area contributed by atoms with Gasteiger partial charge in [0.2, 0.25) is 0 Å². The van der Waals surface area contributed by atoms with E-state index in [2.05, 4.69) is 15.0 Å². The number of pyridine rings is 1. The van der Waals surface area contributed by atoms with Crippen molar-refractivity contribution in [1.82, 2.24) is 24.5 Å². The summed E-state index contributed by atoms with van der Waals surface area (Å²) in [5.74, 6) is -0.281. The van der Waals surface area contributed by atoms with Crippen molar-refractivity contribution in [2.45, 2.75) is 39.2 Å². The van der Waals surface area contributed by atoms with Gasteiger partial charge in [0.15, 0.2) is 17.2 Å². The second-order valence-electron chi connectivity index (χ2n) is 11.3. The molecule has 4 aromatic rings. The van der Waals surface area contributed by atoms with Gasteiger partial charge in [0.05, 0.1) is 36.9 Å². The first-order valence-corrected chi connectivity index (χ1v) is 12.8. The Labute approximate surface area is 220 Å². The molecule has 6 rings (SSSR count).